The van der Waals surface area contributed by atoms with Crippen molar-refractivity contribution in [3.05, 3.63) is 34.9 Å². The largest absolute Gasteiger partial charge is 0.312 e. The molecule has 16 heavy (non-hydrogen) atoms. The van der Waals surface area contributed by atoms with Crippen molar-refractivity contribution in [3.63, 3.8) is 0 Å². The maximum atomic E-state index is 11.5. The summed E-state index contributed by atoms with van der Waals surface area (Å²) in [6.45, 7) is 1.68. The lowest BCUT2D eigenvalue weighted by Gasteiger charge is -2.23. The van der Waals surface area contributed by atoms with Crippen molar-refractivity contribution in [2.75, 3.05) is 13.3 Å². The highest BCUT2D eigenvalue weighted by molar-refractivity contribution is 7.91. The van der Waals surface area contributed by atoms with E-state index >= 15 is 0 Å². The fourth-order valence-electron chi connectivity index (χ4n) is 1.62. The van der Waals surface area contributed by atoms with Crippen molar-refractivity contribution in [1.82, 2.24) is 5.32 Å². The van der Waals surface area contributed by atoms with Crippen LogP contribution in [0.2, 0.25) is 5.02 Å². The van der Waals surface area contributed by atoms with Gasteiger partial charge in [0.25, 0.3) is 0 Å². The molecule has 0 aliphatic rings. The molecular weight excluding hydrogens is 246 g/mol. The van der Waals surface area contributed by atoms with Crippen molar-refractivity contribution in [1.29, 1.82) is 0 Å². The van der Waals surface area contributed by atoms with Crippen molar-refractivity contribution in [3.8, 4) is 0 Å². The first-order chi connectivity index (χ1) is 7.38. The Morgan fingerprint density at radius 1 is 1.31 bits per heavy atom. The summed E-state index contributed by atoms with van der Waals surface area (Å²) in [5.74, 6) is 0. The van der Waals surface area contributed by atoms with Gasteiger partial charge < -0.3 is 5.32 Å². The third-order valence-electron chi connectivity index (χ3n) is 2.70. The molecule has 0 bridgehead atoms. The van der Waals surface area contributed by atoms with Gasteiger partial charge in [-0.15, -0.1) is 0 Å². The molecule has 3 nitrogen and oxygen atoms in total. The van der Waals surface area contributed by atoms with Gasteiger partial charge in [-0.1, -0.05) is 29.8 Å². The van der Waals surface area contributed by atoms with E-state index in [0.717, 1.165) is 5.56 Å². The molecule has 0 saturated heterocycles. The van der Waals surface area contributed by atoms with Gasteiger partial charge in [-0.25, -0.2) is 8.42 Å². The van der Waals surface area contributed by atoms with E-state index in [2.05, 4.69) is 5.32 Å². The first kappa shape index (κ1) is 13.5. The van der Waals surface area contributed by atoms with E-state index in [1.165, 1.54) is 6.26 Å². The molecule has 1 N–H and O–H groups in total. The average molecular weight is 262 g/mol. The van der Waals surface area contributed by atoms with Crippen LogP contribution in [0.15, 0.2) is 24.3 Å². The molecule has 1 rings (SSSR count). The quantitative estimate of drug-likeness (QED) is 0.902. The molecule has 0 saturated carbocycles. The number of rotatable bonds is 4. The van der Waals surface area contributed by atoms with Gasteiger partial charge in [-0.3, -0.25) is 0 Å². The van der Waals surface area contributed by atoms with Crippen molar-refractivity contribution >= 4 is 21.4 Å². The highest BCUT2D eigenvalue weighted by Gasteiger charge is 2.27. The molecule has 0 aliphatic heterocycles. The molecule has 1 aromatic rings. The van der Waals surface area contributed by atoms with Crippen LogP contribution in [-0.4, -0.2) is 27.0 Å². The lowest BCUT2D eigenvalue weighted by molar-refractivity contribution is 0.535. The van der Waals surface area contributed by atoms with Crippen LogP contribution in [0.1, 0.15) is 18.5 Å². The maximum absolute atomic E-state index is 11.5. The second-order valence-electron chi connectivity index (χ2n) is 3.82. The summed E-state index contributed by atoms with van der Waals surface area (Å²) < 4.78 is 23.1. The molecular formula is C11H16ClNO2S. The summed E-state index contributed by atoms with van der Waals surface area (Å²) in [7, 11) is -1.37. The van der Waals surface area contributed by atoms with Crippen LogP contribution < -0.4 is 5.32 Å². The third kappa shape index (κ3) is 2.97. The summed E-state index contributed by atoms with van der Waals surface area (Å²) in [5.41, 5.74) is 0.810. The van der Waals surface area contributed by atoms with Crippen molar-refractivity contribution in [2.45, 2.75) is 18.2 Å². The molecule has 0 aromatic heterocycles. The maximum Gasteiger partial charge on any atom is 0.151 e. The Bertz CT molecular complexity index is 459. The Morgan fingerprint density at radius 3 is 2.31 bits per heavy atom. The molecule has 2 unspecified atom stereocenters. The topological polar surface area (TPSA) is 46.2 Å². The molecule has 0 amide bonds. The van der Waals surface area contributed by atoms with Gasteiger partial charge in [0.15, 0.2) is 9.84 Å². The predicted molar refractivity (Wildman–Crippen MR) is 67.6 cm³/mol. The van der Waals surface area contributed by atoms with Crippen LogP contribution in [0.4, 0.5) is 0 Å². The molecule has 5 heteroatoms. The highest BCUT2D eigenvalue weighted by Crippen LogP contribution is 2.27. The van der Waals surface area contributed by atoms with Crippen molar-refractivity contribution < 1.29 is 8.42 Å². The van der Waals surface area contributed by atoms with Gasteiger partial charge in [0.1, 0.15) is 0 Å². The van der Waals surface area contributed by atoms with Gasteiger partial charge in [0, 0.05) is 17.3 Å². The third-order valence-corrected chi connectivity index (χ3v) is 4.66. The van der Waals surface area contributed by atoms with E-state index in [1.807, 2.05) is 18.2 Å². The fraction of sp³-hybridized carbons (Fsp3) is 0.455. The minimum Gasteiger partial charge on any atom is -0.312 e. The Balaban J connectivity index is 3.14. The van der Waals surface area contributed by atoms with Crippen LogP contribution in [0.25, 0.3) is 0 Å². The molecule has 0 spiro atoms. The molecule has 0 heterocycles. The van der Waals surface area contributed by atoms with Crippen LogP contribution in [0, 0.1) is 0 Å². The average Bonchev–Trinajstić information content (AvgIpc) is 2.20. The normalized spacial score (nSPS) is 15.8. The van der Waals surface area contributed by atoms with Gasteiger partial charge in [-0.05, 0) is 25.6 Å². The van der Waals surface area contributed by atoms with Crippen LogP contribution in [-0.2, 0) is 9.84 Å². The van der Waals surface area contributed by atoms with Gasteiger partial charge >= 0.3 is 0 Å². The van der Waals surface area contributed by atoms with Crippen LogP contribution in [0.3, 0.4) is 0 Å². The number of nitrogens with one attached hydrogen (secondary N) is 1. The van der Waals surface area contributed by atoms with E-state index in [0.29, 0.717) is 5.02 Å². The lowest BCUT2D eigenvalue weighted by atomic mass is 10.0. The highest BCUT2D eigenvalue weighted by atomic mass is 35.5. The molecule has 90 valence electrons. The molecule has 1 aromatic carbocycles. The van der Waals surface area contributed by atoms with Gasteiger partial charge in [0.05, 0.1) is 5.25 Å². The van der Waals surface area contributed by atoms with E-state index < -0.39 is 15.1 Å². The SMILES string of the molecule is CNC(c1ccccc1Cl)C(C)S(C)(=O)=O. The summed E-state index contributed by atoms with van der Waals surface area (Å²) in [6, 6.07) is 6.98. The Hall–Kier alpha value is -0.580. The van der Waals surface area contributed by atoms with E-state index in [4.69, 9.17) is 11.6 Å². The number of sulfone groups is 1. The minimum atomic E-state index is -3.10. The number of halogens is 1. The number of hydrogen-bond acceptors (Lipinski definition) is 3. The van der Waals surface area contributed by atoms with Gasteiger partial charge in [-0.2, -0.15) is 0 Å². The summed E-state index contributed by atoms with van der Waals surface area (Å²) >= 11 is 6.06. The second kappa shape index (κ2) is 5.17. The zero-order chi connectivity index (χ0) is 12.3. The van der Waals surface area contributed by atoms with Crippen LogP contribution >= 0.6 is 11.6 Å². The smallest absolute Gasteiger partial charge is 0.151 e. The first-order valence-electron chi connectivity index (χ1n) is 4.98. The molecule has 0 fully saturated rings. The Morgan fingerprint density at radius 2 is 1.88 bits per heavy atom. The number of benzene rings is 1. The lowest BCUT2D eigenvalue weighted by Crippen LogP contribution is -2.33. The molecule has 2 atom stereocenters. The minimum absolute atomic E-state index is 0.288. The summed E-state index contributed by atoms with van der Waals surface area (Å²) in [6.07, 6.45) is 1.23. The molecule has 0 aliphatic carbocycles. The standard InChI is InChI=1S/C11H16ClNO2S/c1-8(16(3,14)15)11(13-2)9-6-4-5-7-10(9)12/h4-8,11,13H,1-3H3. The zero-order valence-electron chi connectivity index (χ0n) is 9.57. The number of hydrogen-bond donors (Lipinski definition) is 1. The van der Waals surface area contributed by atoms with Gasteiger partial charge in [0.2, 0.25) is 0 Å². The van der Waals surface area contributed by atoms with E-state index in [9.17, 15) is 8.42 Å². The van der Waals surface area contributed by atoms with E-state index in [1.54, 1.807) is 20.0 Å². The summed E-state index contributed by atoms with van der Waals surface area (Å²) in [5, 5.41) is 3.07. The first-order valence-corrected chi connectivity index (χ1v) is 7.31. The second-order valence-corrected chi connectivity index (χ2v) is 6.63. The van der Waals surface area contributed by atoms with Crippen molar-refractivity contribution in [2.24, 2.45) is 0 Å². The Kier molecular flexibility index (Phi) is 4.35. The fourth-order valence-corrected chi connectivity index (χ4v) is 2.65. The van der Waals surface area contributed by atoms with Crippen LogP contribution in [0.5, 0.6) is 0 Å². The summed E-state index contributed by atoms with van der Waals surface area (Å²) in [4.78, 5) is 0. The van der Waals surface area contributed by atoms with E-state index in [-0.39, 0.29) is 6.04 Å². The molecule has 0 radical (unpaired) electrons. The predicted octanol–water partition coefficient (Wildman–Crippen LogP) is 2.03. The monoisotopic (exact) mass is 261 g/mol. The zero-order valence-corrected chi connectivity index (χ0v) is 11.1. The Labute approximate surface area is 102 Å².